The Morgan fingerprint density at radius 2 is 2.43 bits per heavy atom. The van der Waals surface area contributed by atoms with Crippen LogP contribution in [0.5, 0.6) is 0 Å². The molecule has 0 saturated heterocycles. The van der Waals surface area contributed by atoms with Gasteiger partial charge in [-0.05, 0) is 6.42 Å². The number of ether oxygens (including phenoxy) is 1. The molecule has 1 heterocycles. The van der Waals surface area contributed by atoms with Crippen LogP contribution in [-0.4, -0.2) is 21.3 Å². The van der Waals surface area contributed by atoms with Crippen LogP contribution < -0.4 is 5.73 Å². The lowest BCUT2D eigenvalue weighted by Crippen LogP contribution is -2.13. The van der Waals surface area contributed by atoms with Crippen molar-refractivity contribution in [3.8, 4) is 0 Å². The molecule has 1 amide bonds. The molecule has 0 aromatic carbocycles. The van der Waals surface area contributed by atoms with Crippen LogP contribution in [0.25, 0.3) is 0 Å². The van der Waals surface area contributed by atoms with Gasteiger partial charge in [0.1, 0.15) is 0 Å². The maximum absolute atomic E-state index is 10.3. The Bertz CT molecular complexity index is 297. The molecular formula is C8H14N4O2. The van der Waals surface area contributed by atoms with Gasteiger partial charge in [-0.1, -0.05) is 13.3 Å². The van der Waals surface area contributed by atoms with Gasteiger partial charge in [0.2, 0.25) is 0 Å². The second-order valence-electron chi connectivity index (χ2n) is 2.91. The first-order chi connectivity index (χ1) is 6.72. The number of nitrogens with one attached hydrogen (secondary N) is 1. The fourth-order valence-corrected chi connectivity index (χ4v) is 0.986. The van der Waals surface area contributed by atoms with Crippen molar-refractivity contribution in [3.63, 3.8) is 0 Å². The fourth-order valence-electron chi connectivity index (χ4n) is 0.986. The van der Waals surface area contributed by atoms with Crippen molar-refractivity contribution in [1.29, 1.82) is 0 Å². The largest absolute Gasteiger partial charge is 0.441 e. The molecule has 0 spiro atoms. The first-order valence-corrected chi connectivity index (χ1v) is 4.54. The van der Waals surface area contributed by atoms with Gasteiger partial charge in [0.05, 0.1) is 0 Å². The van der Waals surface area contributed by atoms with E-state index < -0.39 is 6.09 Å². The summed E-state index contributed by atoms with van der Waals surface area (Å²) in [6.07, 6.45) is 2.18. The number of aromatic nitrogens is 3. The number of rotatable bonds is 5. The van der Waals surface area contributed by atoms with Gasteiger partial charge in [0.25, 0.3) is 0 Å². The number of aromatic amines is 1. The number of H-pyrrole nitrogens is 1. The number of aryl methyl sites for hydroxylation is 1. The molecule has 3 N–H and O–H groups in total. The van der Waals surface area contributed by atoms with E-state index in [1.807, 2.05) is 0 Å². The molecule has 1 aromatic heterocycles. The maximum atomic E-state index is 10.3. The molecule has 0 radical (unpaired) electrons. The van der Waals surface area contributed by atoms with Crippen LogP contribution in [0.4, 0.5) is 4.79 Å². The minimum absolute atomic E-state index is 0.0501. The number of carbonyl (C=O) groups is 1. The number of primary amides is 1. The molecule has 0 unspecified atom stereocenters. The molecule has 0 aliphatic rings. The van der Waals surface area contributed by atoms with Crippen molar-refractivity contribution in [1.82, 2.24) is 15.2 Å². The third-order valence-electron chi connectivity index (χ3n) is 1.68. The maximum Gasteiger partial charge on any atom is 0.404 e. The number of amides is 1. The molecule has 0 aliphatic heterocycles. The van der Waals surface area contributed by atoms with Crippen LogP contribution in [0.15, 0.2) is 0 Å². The van der Waals surface area contributed by atoms with Crippen molar-refractivity contribution in [2.45, 2.75) is 32.8 Å². The summed E-state index contributed by atoms with van der Waals surface area (Å²) in [6, 6.07) is 0. The van der Waals surface area contributed by atoms with E-state index in [9.17, 15) is 4.79 Å². The molecule has 1 aromatic rings. The summed E-state index contributed by atoms with van der Waals surface area (Å²) < 4.78 is 4.55. The van der Waals surface area contributed by atoms with Gasteiger partial charge in [-0.3, -0.25) is 5.10 Å². The lowest BCUT2D eigenvalue weighted by Gasteiger charge is -1.95. The first kappa shape index (κ1) is 10.5. The van der Waals surface area contributed by atoms with E-state index in [1.165, 1.54) is 0 Å². The lowest BCUT2D eigenvalue weighted by molar-refractivity contribution is 0.147. The highest BCUT2D eigenvalue weighted by Crippen LogP contribution is 2.00. The zero-order chi connectivity index (χ0) is 10.4. The highest BCUT2D eigenvalue weighted by molar-refractivity contribution is 5.64. The minimum atomic E-state index is -0.809. The third-order valence-corrected chi connectivity index (χ3v) is 1.68. The smallest absolute Gasteiger partial charge is 0.404 e. The first-order valence-electron chi connectivity index (χ1n) is 4.54. The average Bonchev–Trinajstić information content (AvgIpc) is 2.59. The standard InChI is InChI=1S/C8H14N4O2/c1-2-3-4-6-10-7(12-11-6)5-14-8(9)13/h2-5H2,1H3,(H2,9,13)(H,10,11,12). The Morgan fingerprint density at radius 1 is 1.64 bits per heavy atom. The highest BCUT2D eigenvalue weighted by Gasteiger charge is 2.03. The molecular weight excluding hydrogens is 184 g/mol. The Labute approximate surface area is 81.9 Å². The van der Waals surface area contributed by atoms with E-state index in [2.05, 4.69) is 26.8 Å². The van der Waals surface area contributed by atoms with Crippen molar-refractivity contribution in [2.24, 2.45) is 5.73 Å². The van der Waals surface area contributed by atoms with Crippen LogP contribution in [0.3, 0.4) is 0 Å². The molecule has 6 nitrogen and oxygen atoms in total. The van der Waals surface area contributed by atoms with E-state index >= 15 is 0 Å². The topological polar surface area (TPSA) is 93.9 Å². The third kappa shape index (κ3) is 3.42. The Morgan fingerprint density at radius 3 is 3.07 bits per heavy atom. The number of nitrogens with zero attached hydrogens (tertiary/aromatic N) is 2. The van der Waals surface area contributed by atoms with Crippen LogP contribution in [0.1, 0.15) is 31.4 Å². The van der Waals surface area contributed by atoms with Gasteiger partial charge in [-0.25, -0.2) is 9.78 Å². The predicted octanol–water partition coefficient (Wildman–Crippen LogP) is 0.743. The number of unbranched alkanes of at least 4 members (excludes halogenated alkanes) is 1. The Hall–Kier alpha value is -1.59. The number of hydrogen-bond donors (Lipinski definition) is 2. The summed E-state index contributed by atoms with van der Waals surface area (Å²) in [5.41, 5.74) is 4.80. The fraction of sp³-hybridized carbons (Fsp3) is 0.625. The van der Waals surface area contributed by atoms with Crippen LogP contribution in [0.2, 0.25) is 0 Å². The summed E-state index contributed by atoms with van der Waals surface area (Å²) in [7, 11) is 0. The van der Waals surface area contributed by atoms with Gasteiger partial charge in [-0.2, -0.15) is 5.10 Å². The van der Waals surface area contributed by atoms with Gasteiger partial charge in [0.15, 0.2) is 18.3 Å². The summed E-state index contributed by atoms with van der Waals surface area (Å²) in [6.45, 7) is 2.15. The zero-order valence-electron chi connectivity index (χ0n) is 8.12. The van der Waals surface area contributed by atoms with E-state index in [0.717, 1.165) is 25.1 Å². The number of carbonyl (C=O) groups excluding carboxylic acids is 1. The summed E-state index contributed by atoms with van der Waals surface area (Å²) in [5.74, 6) is 1.27. The molecule has 0 atom stereocenters. The van der Waals surface area contributed by atoms with Gasteiger partial charge < -0.3 is 10.5 Å². The minimum Gasteiger partial charge on any atom is -0.441 e. The van der Waals surface area contributed by atoms with Gasteiger partial charge >= 0.3 is 6.09 Å². The van der Waals surface area contributed by atoms with Crippen LogP contribution in [0, 0.1) is 0 Å². The highest BCUT2D eigenvalue weighted by atomic mass is 16.5. The van der Waals surface area contributed by atoms with Crippen molar-refractivity contribution < 1.29 is 9.53 Å². The zero-order valence-corrected chi connectivity index (χ0v) is 8.12. The lowest BCUT2D eigenvalue weighted by atomic mass is 10.2. The molecule has 0 aliphatic carbocycles. The van der Waals surface area contributed by atoms with Gasteiger partial charge in [0, 0.05) is 6.42 Å². The molecule has 78 valence electrons. The van der Waals surface area contributed by atoms with E-state index in [4.69, 9.17) is 5.73 Å². The molecule has 0 bridgehead atoms. The Kier molecular flexibility index (Phi) is 3.90. The molecule has 1 rings (SSSR count). The average molecular weight is 198 g/mol. The second-order valence-corrected chi connectivity index (χ2v) is 2.91. The van der Waals surface area contributed by atoms with Gasteiger partial charge in [-0.15, -0.1) is 0 Å². The van der Waals surface area contributed by atoms with E-state index in [-0.39, 0.29) is 6.61 Å². The summed E-state index contributed by atoms with van der Waals surface area (Å²) >= 11 is 0. The van der Waals surface area contributed by atoms with Crippen LogP contribution >= 0.6 is 0 Å². The molecule has 14 heavy (non-hydrogen) atoms. The van der Waals surface area contributed by atoms with Crippen molar-refractivity contribution in [3.05, 3.63) is 11.6 Å². The normalized spacial score (nSPS) is 10.1. The number of hydrogen-bond acceptors (Lipinski definition) is 4. The number of nitrogens with two attached hydrogens (primary N) is 1. The van der Waals surface area contributed by atoms with E-state index in [0.29, 0.717) is 5.82 Å². The molecule has 0 saturated carbocycles. The van der Waals surface area contributed by atoms with Crippen molar-refractivity contribution in [2.75, 3.05) is 0 Å². The quantitative estimate of drug-likeness (QED) is 0.729. The van der Waals surface area contributed by atoms with E-state index in [1.54, 1.807) is 0 Å². The second kappa shape index (κ2) is 5.21. The molecule has 6 heteroatoms. The van der Waals surface area contributed by atoms with Crippen molar-refractivity contribution >= 4 is 6.09 Å². The molecule has 0 fully saturated rings. The summed E-state index contributed by atoms with van der Waals surface area (Å²) in [5, 5.41) is 6.64. The summed E-state index contributed by atoms with van der Waals surface area (Å²) in [4.78, 5) is 14.4. The predicted molar refractivity (Wildman–Crippen MR) is 49.4 cm³/mol. The SMILES string of the molecule is CCCCc1n[nH]c(COC(N)=O)n1. The van der Waals surface area contributed by atoms with Crippen LogP contribution in [-0.2, 0) is 17.8 Å². The monoisotopic (exact) mass is 198 g/mol. The Balaban J connectivity index is 2.38.